The Morgan fingerprint density at radius 1 is 1.24 bits per heavy atom. The molecule has 0 aliphatic rings. The molecule has 4 aromatic rings. The van der Waals surface area contributed by atoms with Crippen molar-refractivity contribution in [1.29, 1.82) is 0 Å². The predicted octanol–water partition coefficient (Wildman–Crippen LogP) is 3.58. The summed E-state index contributed by atoms with van der Waals surface area (Å²) < 4.78 is 6.92. The van der Waals surface area contributed by atoms with E-state index in [0.717, 1.165) is 5.56 Å². The number of carbonyl (C=O) groups excluding carboxylic acids is 1. The fraction of sp³-hybridized carbons (Fsp3) is 0.176. The monoisotopic (exact) mass is 353 g/mol. The molecule has 25 heavy (non-hydrogen) atoms. The van der Waals surface area contributed by atoms with Crippen LogP contribution in [0.1, 0.15) is 24.8 Å². The fourth-order valence-corrected chi connectivity index (χ4v) is 3.42. The van der Waals surface area contributed by atoms with Crippen molar-refractivity contribution < 1.29 is 9.21 Å². The molecule has 1 atom stereocenters. The Morgan fingerprint density at radius 3 is 2.80 bits per heavy atom. The van der Waals surface area contributed by atoms with Crippen LogP contribution in [0.15, 0.2) is 53.1 Å². The molecule has 0 radical (unpaired) electrons. The van der Waals surface area contributed by atoms with Crippen LogP contribution in [-0.2, 0) is 4.79 Å². The number of aromatic nitrogens is 4. The highest BCUT2D eigenvalue weighted by Gasteiger charge is 2.21. The van der Waals surface area contributed by atoms with Crippen molar-refractivity contribution in [2.45, 2.75) is 19.3 Å². The minimum absolute atomic E-state index is 0.0850. The summed E-state index contributed by atoms with van der Waals surface area (Å²) in [4.78, 5) is 13.2. The molecule has 1 unspecified atom stereocenters. The molecule has 1 aromatic carbocycles. The van der Waals surface area contributed by atoms with Gasteiger partial charge in [0.05, 0.1) is 12.2 Å². The summed E-state index contributed by atoms with van der Waals surface area (Å²) >= 11 is 1.27. The molecule has 0 aliphatic heterocycles. The topological polar surface area (TPSA) is 85.3 Å². The maximum absolute atomic E-state index is 12.6. The van der Waals surface area contributed by atoms with Crippen LogP contribution < -0.4 is 5.32 Å². The highest BCUT2D eigenvalue weighted by atomic mass is 32.1. The van der Waals surface area contributed by atoms with E-state index in [-0.39, 0.29) is 11.8 Å². The van der Waals surface area contributed by atoms with Crippen LogP contribution in [0.5, 0.6) is 0 Å². The number of carbonyl (C=O) groups is 1. The van der Waals surface area contributed by atoms with Gasteiger partial charge in [-0.2, -0.15) is 4.52 Å². The molecule has 0 saturated heterocycles. The molecule has 0 saturated carbocycles. The van der Waals surface area contributed by atoms with Gasteiger partial charge >= 0.3 is 0 Å². The van der Waals surface area contributed by atoms with Gasteiger partial charge in [-0.15, -0.1) is 15.3 Å². The second-order valence-corrected chi connectivity index (χ2v) is 6.42. The molecular formula is C17H15N5O2S. The third-order valence-corrected chi connectivity index (χ3v) is 4.70. The van der Waals surface area contributed by atoms with E-state index in [1.807, 2.05) is 37.3 Å². The number of nitrogens with zero attached hydrogens (tertiary/aromatic N) is 4. The molecular weight excluding hydrogens is 338 g/mol. The van der Waals surface area contributed by atoms with Gasteiger partial charge in [-0.3, -0.25) is 10.1 Å². The Hall–Kier alpha value is -3.00. The quantitative estimate of drug-likeness (QED) is 0.593. The molecule has 0 bridgehead atoms. The third-order valence-electron chi connectivity index (χ3n) is 3.89. The Balaban J connectivity index is 1.59. The van der Waals surface area contributed by atoms with Crippen LogP contribution >= 0.6 is 11.3 Å². The Bertz CT molecular complexity index is 991. The van der Waals surface area contributed by atoms with Crippen LogP contribution in [0.4, 0.5) is 5.13 Å². The van der Waals surface area contributed by atoms with Crippen molar-refractivity contribution in [2.75, 3.05) is 5.32 Å². The van der Waals surface area contributed by atoms with E-state index < -0.39 is 0 Å². The Kier molecular flexibility index (Phi) is 4.02. The molecule has 126 valence electrons. The van der Waals surface area contributed by atoms with Crippen LogP contribution in [0.2, 0.25) is 0 Å². The molecule has 0 aliphatic carbocycles. The second kappa shape index (κ2) is 6.48. The largest absolute Gasteiger partial charge is 0.461 e. The van der Waals surface area contributed by atoms with Crippen molar-refractivity contribution >= 4 is 27.3 Å². The average molecular weight is 353 g/mol. The standard InChI is InChI=1S/C17H15N5O2S/c1-2-12(11-7-4-3-5-8-11)15(23)18-16-21-22-14(13-9-6-10-24-13)19-20-17(22)25-16/h3-10,12H,2H2,1H3,(H,18,21,23). The first-order chi connectivity index (χ1) is 12.3. The first kappa shape index (κ1) is 15.5. The zero-order chi connectivity index (χ0) is 17.2. The third kappa shape index (κ3) is 2.91. The second-order valence-electron chi connectivity index (χ2n) is 5.46. The summed E-state index contributed by atoms with van der Waals surface area (Å²) in [6.07, 6.45) is 2.27. The fourth-order valence-electron chi connectivity index (χ4n) is 2.68. The van der Waals surface area contributed by atoms with Gasteiger partial charge in [0.2, 0.25) is 21.8 Å². The smallest absolute Gasteiger partial charge is 0.236 e. The number of furan rings is 1. The van der Waals surface area contributed by atoms with Gasteiger partial charge < -0.3 is 4.42 Å². The van der Waals surface area contributed by atoms with Crippen molar-refractivity contribution in [3.8, 4) is 11.6 Å². The number of hydrogen-bond donors (Lipinski definition) is 1. The molecule has 0 fully saturated rings. The first-order valence-electron chi connectivity index (χ1n) is 7.88. The molecule has 1 N–H and O–H groups in total. The highest BCUT2D eigenvalue weighted by molar-refractivity contribution is 7.20. The number of anilines is 1. The summed E-state index contributed by atoms with van der Waals surface area (Å²) in [5.74, 6) is 0.775. The minimum atomic E-state index is -0.222. The van der Waals surface area contributed by atoms with E-state index in [1.54, 1.807) is 22.9 Å². The van der Waals surface area contributed by atoms with E-state index in [9.17, 15) is 4.79 Å². The van der Waals surface area contributed by atoms with Crippen molar-refractivity contribution in [3.05, 3.63) is 54.3 Å². The molecule has 0 spiro atoms. The zero-order valence-corrected chi connectivity index (χ0v) is 14.2. The van der Waals surface area contributed by atoms with Gasteiger partial charge in [-0.25, -0.2) is 0 Å². The molecule has 4 rings (SSSR count). The van der Waals surface area contributed by atoms with E-state index in [2.05, 4.69) is 20.6 Å². The van der Waals surface area contributed by atoms with Crippen LogP contribution in [0.25, 0.3) is 16.5 Å². The Morgan fingerprint density at radius 2 is 2.08 bits per heavy atom. The van der Waals surface area contributed by atoms with Crippen molar-refractivity contribution in [1.82, 2.24) is 19.8 Å². The molecule has 3 aromatic heterocycles. The average Bonchev–Trinajstić information content (AvgIpc) is 3.33. The van der Waals surface area contributed by atoms with Crippen LogP contribution in [0, 0.1) is 0 Å². The number of benzene rings is 1. The maximum Gasteiger partial charge on any atom is 0.236 e. The maximum atomic E-state index is 12.6. The number of hydrogen-bond acceptors (Lipinski definition) is 6. The molecule has 1 amide bonds. The van der Waals surface area contributed by atoms with Gasteiger partial charge in [0, 0.05) is 0 Å². The van der Waals surface area contributed by atoms with Crippen LogP contribution in [-0.4, -0.2) is 25.7 Å². The van der Waals surface area contributed by atoms with Gasteiger partial charge in [0.25, 0.3) is 0 Å². The summed E-state index contributed by atoms with van der Waals surface area (Å²) in [6.45, 7) is 1.99. The van der Waals surface area contributed by atoms with Gasteiger partial charge in [-0.05, 0) is 24.1 Å². The molecule has 8 heteroatoms. The number of fused-ring (bicyclic) bond motifs is 1. The molecule has 3 heterocycles. The highest BCUT2D eigenvalue weighted by Crippen LogP contribution is 2.26. The van der Waals surface area contributed by atoms with E-state index in [4.69, 9.17) is 4.42 Å². The van der Waals surface area contributed by atoms with Crippen molar-refractivity contribution in [2.24, 2.45) is 0 Å². The SMILES string of the molecule is CCC(C(=O)Nc1nn2c(-c3ccco3)nnc2s1)c1ccccc1. The van der Waals surface area contributed by atoms with Gasteiger partial charge in [-0.1, -0.05) is 48.6 Å². The minimum Gasteiger partial charge on any atom is -0.461 e. The number of rotatable bonds is 5. The predicted molar refractivity (Wildman–Crippen MR) is 94.5 cm³/mol. The van der Waals surface area contributed by atoms with Crippen LogP contribution in [0.3, 0.4) is 0 Å². The summed E-state index contributed by atoms with van der Waals surface area (Å²) in [5.41, 5.74) is 0.988. The number of amides is 1. The summed E-state index contributed by atoms with van der Waals surface area (Å²) in [7, 11) is 0. The summed E-state index contributed by atoms with van der Waals surface area (Å²) in [5, 5.41) is 15.9. The first-order valence-corrected chi connectivity index (χ1v) is 8.70. The number of nitrogens with one attached hydrogen (secondary N) is 1. The van der Waals surface area contributed by atoms with Gasteiger partial charge in [0.15, 0.2) is 5.76 Å². The lowest BCUT2D eigenvalue weighted by molar-refractivity contribution is -0.117. The van der Waals surface area contributed by atoms with E-state index in [0.29, 0.717) is 28.1 Å². The normalized spacial score (nSPS) is 12.4. The lowest BCUT2D eigenvalue weighted by Crippen LogP contribution is -2.20. The zero-order valence-electron chi connectivity index (χ0n) is 13.4. The van der Waals surface area contributed by atoms with E-state index >= 15 is 0 Å². The summed E-state index contributed by atoms with van der Waals surface area (Å²) in [6, 6.07) is 13.3. The lowest BCUT2D eigenvalue weighted by atomic mass is 9.96. The van der Waals surface area contributed by atoms with E-state index in [1.165, 1.54) is 11.3 Å². The van der Waals surface area contributed by atoms with Crippen molar-refractivity contribution in [3.63, 3.8) is 0 Å². The Labute approximate surface area is 147 Å². The van der Waals surface area contributed by atoms with Gasteiger partial charge in [0.1, 0.15) is 0 Å². The lowest BCUT2D eigenvalue weighted by Gasteiger charge is -2.13. The molecule has 7 nitrogen and oxygen atoms in total.